The van der Waals surface area contributed by atoms with Gasteiger partial charge in [-0.1, -0.05) is 42.5 Å². The van der Waals surface area contributed by atoms with Crippen LogP contribution in [0.25, 0.3) is 22.2 Å². The molecule has 4 aromatic rings. The molecule has 0 atom stereocenters. The smallest absolute Gasteiger partial charge is 0.337 e. The Bertz CT molecular complexity index is 1370. The maximum atomic E-state index is 11.8. The number of carbonyl (C=O) groups is 1. The van der Waals surface area contributed by atoms with E-state index in [1.165, 1.54) is 0 Å². The van der Waals surface area contributed by atoms with E-state index in [9.17, 15) is 9.90 Å². The number of para-hydroxylation sites is 1. The molecule has 166 valence electrons. The zero-order valence-electron chi connectivity index (χ0n) is 18.0. The van der Waals surface area contributed by atoms with Crippen molar-refractivity contribution in [1.82, 2.24) is 30.2 Å². The summed E-state index contributed by atoms with van der Waals surface area (Å²) < 4.78 is 7.55. The third-order valence-corrected chi connectivity index (χ3v) is 5.60. The van der Waals surface area contributed by atoms with Crippen molar-refractivity contribution in [2.75, 3.05) is 6.61 Å². The van der Waals surface area contributed by atoms with Crippen LogP contribution in [0, 0.1) is 0 Å². The molecule has 9 heteroatoms. The van der Waals surface area contributed by atoms with Crippen LogP contribution in [0.2, 0.25) is 0 Å². The zero-order valence-corrected chi connectivity index (χ0v) is 18.0. The zero-order chi connectivity index (χ0) is 22.8. The van der Waals surface area contributed by atoms with Crippen LogP contribution >= 0.6 is 0 Å². The van der Waals surface area contributed by atoms with Crippen molar-refractivity contribution in [1.29, 1.82) is 0 Å². The Hall–Kier alpha value is -4.27. The summed E-state index contributed by atoms with van der Waals surface area (Å²) in [5, 5.41) is 24.0. The van der Waals surface area contributed by atoms with Gasteiger partial charge in [0.2, 0.25) is 0 Å². The van der Waals surface area contributed by atoms with Crippen LogP contribution < -0.4 is 4.74 Å². The predicted octanol–water partition coefficient (Wildman–Crippen LogP) is 3.96. The molecule has 33 heavy (non-hydrogen) atoms. The van der Waals surface area contributed by atoms with Crippen LogP contribution in [-0.4, -0.2) is 47.9 Å². The first kappa shape index (κ1) is 20.6. The SMILES string of the molecule is CCOc1nc2cccc(C(=O)O)c2n1Cc1ccc(C2=CCCC=C2c2nnn[nH]2)cc1. The Kier molecular flexibility index (Phi) is 5.43. The first-order valence-electron chi connectivity index (χ1n) is 10.7. The number of benzene rings is 2. The van der Waals surface area contributed by atoms with Crippen molar-refractivity contribution in [3.05, 3.63) is 77.1 Å². The fourth-order valence-corrected chi connectivity index (χ4v) is 4.14. The van der Waals surface area contributed by atoms with E-state index in [0.717, 1.165) is 35.1 Å². The monoisotopic (exact) mass is 442 g/mol. The minimum atomic E-state index is -0.995. The Morgan fingerprint density at radius 2 is 1.91 bits per heavy atom. The van der Waals surface area contributed by atoms with Crippen LogP contribution in [-0.2, 0) is 6.54 Å². The lowest BCUT2D eigenvalue weighted by atomic mass is 9.91. The van der Waals surface area contributed by atoms with Gasteiger partial charge in [-0.05, 0) is 59.0 Å². The number of carboxylic acid groups (broad SMARTS) is 1. The number of carboxylic acids is 1. The summed E-state index contributed by atoms with van der Waals surface area (Å²) in [4.78, 5) is 16.3. The second-order valence-corrected chi connectivity index (χ2v) is 7.65. The Labute approximate surface area is 189 Å². The number of aromatic amines is 1. The Morgan fingerprint density at radius 1 is 1.12 bits per heavy atom. The Morgan fingerprint density at radius 3 is 2.61 bits per heavy atom. The summed E-state index contributed by atoms with van der Waals surface area (Å²) in [6, 6.07) is 13.7. The van der Waals surface area contributed by atoms with Gasteiger partial charge in [0.25, 0.3) is 6.01 Å². The molecule has 0 saturated carbocycles. The summed E-state index contributed by atoms with van der Waals surface area (Å²) in [5.74, 6) is -0.344. The number of aromatic nitrogens is 6. The molecule has 5 rings (SSSR count). The van der Waals surface area contributed by atoms with E-state index in [2.05, 4.69) is 49.9 Å². The number of rotatable bonds is 7. The highest BCUT2D eigenvalue weighted by molar-refractivity contribution is 6.04. The number of nitrogens with zero attached hydrogens (tertiary/aromatic N) is 5. The molecule has 0 radical (unpaired) electrons. The number of aromatic carboxylic acids is 1. The van der Waals surface area contributed by atoms with E-state index in [1.807, 2.05) is 23.6 Å². The summed E-state index contributed by atoms with van der Waals surface area (Å²) in [5.41, 5.74) is 5.49. The number of allylic oxidation sites excluding steroid dienone is 4. The number of ether oxygens (including phenoxy) is 1. The quantitative estimate of drug-likeness (QED) is 0.445. The van der Waals surface area contributed by atoms with Crippen LogP contribution in [0.15, 0.2) is 54.6 Å². The third kappa shape index (κ3) is 3.89. The van der Waals surface area contributed by atoms with Gasteiger partial charge in [0.15, 0.2) is 5.82 Å². The van der Waals surface area contributed by atoms with Gasteiger partial charge in [-0.15, -0.1) is 5.10 Å². The molecule has 0 saturated heterocycles. The third-order valence-electron chi connectivity index (χ3n) is 5.60. The standard InChI is InChI=1S/C24H22N6O3/c1-2-33-24-25-20-9-5-8-19(23(31)32)21(20)30(24)14-15-10-12-16(13-11-15)17-6-3-4-7-18(17)22-26-28-29-27-22/h5-13H,2-4,14H2,1H3,(H,31,32)(H,26,27,28,29). The van der Waals surface area contributed by atoms with Crippen molar-refractivity contribution < 1.29 is 14.6 Å². The summed E-state index contributed by atoms with van der Waals surface area (Å²) in [7, 11) is 0. The number of nitrogens with one attached hydrogen (secondary N) is 1. The predicted molar refractivity (Wildman–Crippen MR) is 123 cm³/mol. The molecule has 2 aromatic carbocycles. The molecule has 0 bridgehead atoms. The number of H-pyrrole nitrogens is 1. The van der Waals surface area contributed by atoms with Gasteiger partial charge in [0, 0.05) is 5.57 Å². The lowest BCUT2D eigenvalue weighted by molar-refractivity contribution is 0.0698. The fourth-order valence-electron chi connectivity index (χ4n) is 4.14. The molecule has 2 aromatic heterocycles. The highest BCUT2D eigenvalue weighted by atomic mass is 16.5. The molecule has 1 aliphatic rings. The van der Waals surface area contributed by atoms with Gasteiger partial charge in [-0.25, -0.2) is 9.89 Å². The van der Waals surface area contributed by atoms with Crippen molar-refractivity contribution >= 4 is 28.1 Å². The number of fused-ring (bicyclic) bond motifs is 1. The molecular formula is C24H22N6O3. The fraction of sp³-hybridized carbons (Fsp3) is 0.208. The van der Waals surface area contributed by atoms with Crippen LogP contribution in [0.3, 0.4) is 0 Å². The number of hydrogen-bond donors (Lipinski definition) is 2. The lowest BCUT2D eigenvalue weighted by Crippen LogP contribution is -2.08. The summed E-state index contributed by atoms with van der Waals surface area (Å²) in [6.07, 6.45) is 6.24. The van der Waals surface area contributed by atoms with Gasteiger partial charge >= 0.3 is 5.97 Å². The second-order valence-electron chi connectivity index (χ2n) is 7.65. The van der Waals surface area contributed by atoms with Gasteiger partial charge in [-0.3, -0.25) is 4.57 Å². The highest BCUT2D eigenvalue weighted by Gasteiger charge is 2.20. The number of tetrazole rings is 1. The minimum Gasteiger partial charge on any atom is -0.478 e. The van der Waals surface area contributed by atoms with Gasteiger partial charge < -0.3 is 9.84 Å². The largest absolute Gasteiger partial charge is 0.478 e. The van der Waals surface area contributed by atoms with E-state index in [0.29, 0.717) is 36.0 Å². The topological polar surface area (TPSA) is 119 Å². The van der Waals surface area contributed by atoms with Crippen LogP contribution in [0.1, 0.15) is 47.1 Å². The average Bonchev–Trinajstić information content (AvgIpc) is 3.49. The van der Waals surface area contributed by atoms with E-state index in [-0.39, 0.29) is 5.56 Å². The minimum absolute atomic E-state index is 0.199. The molecular weight excluding hydrogens is 420 g/mol. The van der Waals surface area contributed by atoms with Gasteiger partial charge in [0.05, 0.1) is 29.7 Å². The Balaban J connectivity index is 1.49. The molecule has 0 unspecified atom stereocenters. The number of hydrogen-bond acceptors (Lipinski definition) is 6. The maximum Gasteiger partial charge on any atom is 0.337 e. The van der Waals surface area contributed by atoms with Crippen LogP contribution in [0.5, 0.6) is 6.01 Å². The summed E-state index contributed by atoms with van der Waals surface area (Å²) >= 11 is 0. The van der Waals surface area contributed by atoms with E-state index in [4.69, 9.17) is 4.74 Å². The van der Waals surface area contributed by atoms with Crippen LogP contribution in [0.4, 0.5) is 0 Å². The van der Waals surface area contributed by atoms with Crippen molar-refractivity contribution in [2.24, 2.45) is 0 Å². The highest BCUT2D eigenvalue weighted by Crippen LogP contribution is 2.34. The molecule has 2 heterocycles. The van der Waals surface area contributed by atoms with Gasteiger partial charge in [0.1, 0.15) is 0 Å². The van der Waals surface area contributed by atoms with Gasteiger partial charge in [-0.2, -0.15) is 4.98 Å². The molecule has 0 amide bonds. The first-order valence-corrected chi connectivity index (χ1v) is 10.7. The first-order chi connectivity index (χ1) is 16.2. The van der Waals surface area contributed by atoms with Crippen molar-refractivity contribution in [2.45, 2.75) is 26.3 Å². The van der Waals surface area contributed by atoms with Crippen molar-refractivity contribution in [3.63, 3.8) is 0 Å². The molecule has 0 spiro atoms. The molecule has 2 N–H and O–H groups in total. The van der Waals surface area contributed by atoms with E-state index >= 15 is 0 Å². The average molecular weight is 442 g/mol. The maximum absolute atomic E-state index is 11.8. The molecule has 1 aliphatic carbocycles. The van der Waals surface area contributed by atoms with E-state index < -0.39 is 5.97 Å². The molecule has 0 aliphatic heterocycles. The van der Waals surface area contributed by atoms with E-state index in [1.54, 1.807) is 18.2 Å². The second kappa shape index (κ2) is 8.70. The summed E-state index contributed by atoms with van der Waals surface area (Å²) in [6.45, 7) is 2.75. The van der Waals surface area contributed by atoms with Crippen molar-refractivity contribution in [3.8, 4) is 6.01 Å². The number of imidazole rings is 1. The molecule has 0 fully saturated rings. The normalized spacial score (nSPS) is 13.6. The lowest BCUT2D eigenvalue weighted by Gasteiger charge is -2.15. The molecule has 9 nitrogen and oxygen atoms in total.